The van der Waals surface area contributed by atoms with E-state index in [9.17, 15) is 17.2 Å². The maximum Gasteiger partial charge on any atom is 0.296 e. The highest BCUT2D eigenvalue weighted by atomic mass is 32.2. The van der Waals surface area contributed by atoms with E-state index in [-0.39, 0.29) is 30.3 Å². The Bertz CT molecular complexity index is 483. The van der Waals surface area contributed by atoms with E-state index in [1.54, 1.807) is 19.1 Å². The van der Waals surface area contributed by atoms with Gasteiger partial charge in [0.25, 0.3) is 10.1 Å². The zero-order chi connectivity index (χ0) is 14.5. The SMILES string of the molecule is Cc1ccc(S(=O)(=O)OCCC(C)CC(F)F)cc1. The molecule has 1 unspecified atom stereocenters. The first-order chi connectivity index (χ1) is 8.81. The number of hydrogen-bond donors (Lipinski definition) is 0. The van der Waals surface area contributed by atoms with Crippen LogP contribution in [0.2, 0.25) is 0 Å². The third kappa shape index (κ3) is 5.65. The van der Waals surface area contributed by atoms with Gasteiger partial charge in [-0.1, -0.05) is 24.6 Å². The molecule has 0 spiro atoms. The summed E-state index contributed by atoms with van der Waals surface area (Å²) in [5.74, 6) is -0.270. The third-order valence-corrected chi connectivity index (χ3v) is 4.07. The molecule has 0 fully saturated rings. The molecule has 0 saturated carbocycles. The molecule has 0 bridgehead atoms. The van der Waals surface area contributed by atoms with E-state index in [1.807, 2.05) is 6.92 Å². The van der Waals surface area contributed by atoms with Gasteiger partial charge in [-0.25, -0.2) is 8.78 Å². The summed E-state index contributed by atoms with van der Waals surface area (Å²) in [6.07, 6.45) is -2.33. The molecule has 1 aromatic carbocycles. The summed E-state index contributed by atoms with van der Waals surface area (Å²) in [5, 5.41) is 0. The van der Waals surface area contributed by atoms with Crippen LogP contribution in [0.25, 0.3) is 0 Å². The van der Waals surface area contributed by atoms with Crippen LogP contribution in [0.1, 0.15) is 25.3 Å². The Kier molecular flexibility index (Phi) is 5.87. The van der Waals surface area contributed by atoms with Crippen molar-refractivity contribution in [2.45, 2.75) is 38.0 Å². The van der Waals surface area contributed by atoms with Gasteiger partial charge >= 0.3 is 0 Å². The van der Waals surface area contributed by atoms with Crippen molar-refractivity contribution < 1.29 is 21.4 Å². The van der Waals surface area contributed by atoms with E-state index in [0.29, 0.717) is 0 Å². The fraction of sp³-hybridized carbons (Fsp3) is 0.538. The Balaban J connectivity index is 2.50. The van der Waals surface area contributed by atoms with Crippen LogP contribution in [-0.2, 0) is 14.3 Å². The second kappa shape index (κ2) is 6.96. The van der Waals surface area contributed by atoms with Gasteiger partial charge in [-0.15, -0.1) is 0 Å². The van der Waals surface area contributed by atoms with E-state index < -0.39 is 16.5 Å². The predicted molar refractivity (Wildman–Crippen MR) is 68.7 cm³/mol. The first kappa shape index (κ1) is 16.0. The maximum atomic E-state index is 12.1. The maximum absolute atomic E-state index is 12.1. The van der Waals surface area contributed by atoms with Gasteiger partial charge in [-0.2, -0.15) is 8.42 Å². The van der Waals surface area contributed by atoms with E-state index in [1.165, 1.54) is 12.1 Å². The fourth-order valence-corrected chi connectivity index (χ4v) is 2.48. The van der Waals surface area contributed by atoms with Crippen molar-refractivity contribution in [3.8, 4) is 0 Å². The molecule has 6 heteroatoms. The Morgan fingerprint density at radius 3 is 2.32 bits per heavy atom. The topological polar surface area (TPSA) is 43.4 Å². The molecule has 1 aromatic rings. The van der Waals surface area contributed by atoms with E-state index in [2.05, 4.69) is 0 Å². The second-order valence-electron chi connectivity index (χ2n) is 4.61. The lowest BCUT2D eigenvalue weighted by atomic mass is 10.1. The zero-order valence-electron chi connectivity index (χ0n) is 11.0. The molecule has 0 radical (unpaired) electrons. The summed E-state index contributed by atoms with van der Waals surface area (Å²) in [7, 11) is -3.79. The standard InChI is InChI=1S/C13H18F2O3S/c1-10-3-5-12(6-4-10)19(16,17)18-8-7-11(2)9-13(14)15/h3-6,11,13H,7-9H2,1-2H3. The number of hydrogen-bond acceptors (Lipinski definition) is 3. The Morgan fingerprint density at radius 1 is 1.21 bits per heavy atom. The van der Waals surface area contributed by atoms with Gasteiger partial charge < -0.3 is 0 Å². The Hall–Kier alpha value is -1.01. The van der Waals surface area contributed by atoms with Crippen LogP contribution in [0.5, 0.6) is 0 Å². The van der Waals surface area contributed by atoms with E-state index in [4.69, 9.17) is 4.18 Å². The Labute approximate surface area is 112 Å². The van der Waals surface area contributed by atoms with Gasteiger partial charge in [0.05, 0.1) is 11.5 Å². The summed E-state index contributed by atoms with van der Waals surface area (Å²) in [6, 6.07) is 6.28. The average molecular weight is 292 g/mol. The van der Waals surface area contributed by atoms with Crippen LogP contribution in [0.15, 0.2) is 29.2 Å². The number of rotatable bonds is 7. The number of benzene rings is 1. The molecule has 0 saturated heterocycles. The van der Waals surface area contributed by atoms with Gasteiger partial charge in [0, 0.05) is 6.42 Å². The Morgan fingerprint density at radius 2 is 1.79 bits per heavy atom. The molecule has 1 atom stereocenters. The predicted octanol–water partition coefficient (Wildman–Crippen LogP) is 3.38. The summed E-state index contributed by atoms with van der Waals surface area (Å²) in [5.41, 5.74) is 0.949. The molecular formula is C13H18F2O3S. The molecule has 108 valence electrons. The van der Waals surface area contributed by atoms with Crippen molar-refractivity contribution in [3.63, 3.8) is 0 Å². The normalized spacial score (nSPS) is 13.7. The van der Waals surface area contributed by atoms with Crippen LogP contribution in [0, 0.1) is 12.8 Å². The molecule has 0 aliphatic carbocycles. The first-order valence-corrected chi connectivity index (χ1v) is 7.46. The molecule has 0 heterocycles. The molecular weight excluding hydrogens is 274 g/mol. The largest absolute Gasteiger partial charge is 0.296 e. The van der Waals surface area contributed by atoms with Crippen molar-refractivity contribution in [1.29, 1.82) is 0 Å². The minimum absolute atomic E-state index is 0.0793. The van der Waals surface area contributed by atoms with E-state index >= 15 is 0 Å². The van der Waals surface area contributed by atoms with Crippen molar-refractivity contribution in [2.75, 3.05) is 6.61 Å². The van der Waals surface area contributed by atoms with Crippen LogP contribution >= 0.6 is 0 Å². The molecule has 3 nitrogen and oxygen atoms in total. The minimum atomic E-state index is -3.79. The van der Waals surface area contributed by atoms with Gasteiger partial charge in [0.2, 0.25) is 6.43 Å². The van der Waals surface area contributed by atoms with Crippen LogP contribution in [-0.4, -0.2) is 21.5 Å². The van der Waals surface area contributed by atoms with Crippen molar-refractivity contribution >= 4 is 10.1 Å². The van der Waals surface area contributed by atoms with Gasteiger partial charge in [0.1, 0.15) is 0 Å². The fourth-order valence-electron chi connectivity index (χ4n) is 1.55. The molecule has 19 heavy (non-hydrogen) atoms. The molecule has 0 aliphatic heterocycles. The van der Waals surface area contributed by atoms with Gasteiger partial charge in [0.15, 0.2) is 0 Å². The lowest BCUT2D eigenvalue weighted by Crippen LogP contribution is -2.11. The monoisotopic (exact) mass is 292 g/mol. The number of alkyl halides is 2. The molecule has 0 aromatic heterocycles. The van der Waals surface area contributed by atoms with Crippen molar-refractivity contribution in [3.05, 3.63) is 29.8 Å². The molecule has 0 N–H and O–H groups in total. The third-order valence-electron chi connectivity index (χ3n) is 2.74. The first-order valence-electron chi connectivity index (χ1n) is 6.05. The second-order valence-corrected chi connectivity index (χ2v) is 6.23. The lowest BCUT2D eigenvalue weighted by Gasteiger charge is -2.11. The minimum Gasteiger partial charge on any atom is -0.266 e. The van der Waals surface area contributed by atoms with Crippen molar-refractivity contribution in [1.82, 2.24) is 0 Å². The molecule has 0 amide bonds. The summed E-state index contributed by atoms with van der Waals surface area (Å²) in [4.78, 5) is 0.0830. The number of halogens is 2. The van der Waals surface area contributed by atoms with Crippen LogP contribution < -0.4 is 0 Å². The summed E-state index contributed by atoms with van der Waals surface area (Å²) >= 11 is 0. The summed E-state index contributed by atoms with van der Waals surface area (Å²) in [6.45, 7) is 3.42. The van der Waals surface area contributed by atoms with Crippen LogP contribution in [0.4, 0.5) is 8.78 Å². The highest BCUT2D eigenvalue weighted by molar-refractivity contribution is 7.86. The smallest absolute Gasteiger partial charge is 0.266 e. The molecule has 1 rings (SSSR count). The lowest BCUT2D eigenvalue weighted by molar-refractivity contribution is 0.112. The summed E-state index contributed by atoms with van der Waals surface area (Å²) < 4.78 is 52.6. The highest BCUT2D eigenvalue weighted by Crippen LogP contribution is 2.17. The number of aryl methyl sites for hydroxylation is 1. The van der Waals surface area contributed by atoms with Crippen LogP contribution in [0.3, 0.4) is 0 Å². The van der Waals surface area contributed by atoms with Gasteiger partial charge in [-0.3, -0.25) is 4.18 Å². The molecule has 0 aliphatic rings. The van der Waals surface area contributed by atoms with Gasteiger partial charge in [-0.05, 0) is 31.4 Å². The average Bonchev–Trinajstić information content (AvgIpc) is 2.28. The highest BCUT2D eigenvalue weighted by Gasteiger charge is 2.16. The quantitative estimate of drug-likeness (QED) is 0.724. The van der Waals surface area contributed by atoms with E-state index in [0.717, 1.165) is 5.56 Å². The van der Waals surface area contributed by atoms with Crippen molar-refractivity contribution in [2.24, 2.45) is 5.92 Å². The zero-order valence-corrected chi connectivity index (χ0v) is 11.8.